The Labute approximate surface area is 192 Å². The first-order valence-corrected chi connectivity index (χ1v) is 9.47. The van der Waals surface area contributed by atoms with Gasteiger partial charge in [0.05, 0.1) is 17.1 Å². The van der Waals surface area contributed by atoms with E-state index in [4.69, 9.17) is 5.73 Å². The maximum absolute atomic E-state index is 12.5. The van der Waals surface area contributed by atoms with Crippen LogP contribution in [0, 0.1) is 6.92 Å². The Hall–Kier alpha value is -2.94. The molecule has 2 aromatic heterocycles. The molecule has 0 radical (unpaired) electrons. The first-order chi connectivity index (χ1) is 14.0. The van der Waals surface area contributed by atoms with E-state index in [-0.39, 0.29) is 43.3 Å². The summed E-state index contributed by atoms with van der Waals surface area (Å²) in [5.41, 5.74) is 9.78. The number of amides is 1. The van der Waals surface area contributed by atoms with Crippen LogP contribution in [0.25, 0.3) is 22.4 Å². The number of nitrogens with zero attached hydrogens (tertiary/aromatic N) is 4. The number of H-pyrrole nitrogens is 1. The monoisotopic (exact) mass is 461 g/mol. The second kappa shape index (κ2) is 10.4. The lowest BCUT2D eigenvalue weighted by Gasteiger charge is -2.09. The van der Waals surface area contributed by atoms with Crippen molar-refractivity contribution in [3.63, 3.8) is 0 Å². The Kier molecular flexibility index (Phi) is 8.15. The van der Waals surface area contributed by atoms with E-state index in [1.54, 1.807) is 4.68 Å². The predicted molar refractivity (Wildman–Crippen MR) is 125 cm³/mol. The number of carbonyl (C=O) groups excluding carboxylic acids is 1. The fraction of sp³-hybridized carbons (Fsp3) is 0.238. The lowest BCUT2D eigenvalue weighted by atomic mass is 10.2. The Bertz CT molecular complexity index is 1160. The number of aromatic amines is 1. The van der Waals surface area contributed by atoms with Gasteiger partial charge in [0.25, 0.3) is 0 Å². The van der Waals surface area contributed by atoms with Crippen molar-refractivity contribution < 1.29 is 4.79 Å². The molecule has 4 N–H and O–H groups in total. The lowest BCUT2D eigenvalue weighted by Crippen LogP contribution is -2.29. The number of hydrogen-bond donors (Lipinski definition) is 3. The Morgan fingerprint density at radius 2 is 1.90 bits per heavy atom. The normalized spacial score (nSPS) is 11.5. The highest BCUT2D eigenvalue weighted by Crippen LogP contribution is 2.18. The maximum Gasteiger partial charge on any atom is 0.242 e. The summed E-state index contributed by atoms with van der Waals surface area (Å²) in [5, 5.41) is 7.42. The number of aromatic nitrogens is 5. The first kappa shape index (κ1) is 24.3. The number of rotatable bonds is 6. The summed E-state index contributed by atoms with van der Waals surface area (Å²) in [4.78, 5) is 24.6. The number of hydrogen-bond acceptors (Lipinski definition) is 5. The molecule has 0 fully saturated rings. The van der Waals surface area contributed by atoms with Gasteiger partial charge in [-0.3, -0.25) is 4.79 Å². The van der Waals surface area contributed by atoms with E-state index in [9.17, 15) is 4.79 Å². The Morgan fingerprint density at radius 1 is 1.16 bits per heavy atom. The maximum atomic E-state index is 12.5. The van der Waals surface area contributed by atoms with Gasteiger partial charge in [-0.1, -0.05) is 36.4 Å². The van der Waals surface area contributed by atoms with Crippen LogP contribution >= 0.6 is 24.8 Å². The van der Waals surface area contributed by atoms with Crippen LogP contribution in [-0.2, 0) is 17.9 Å². The number of carbonyl (C=O) groups is 1. The van der Waals surface area contributed by atoms with Crippen molar-refractivity contribution in [1.29, 1.82) is 0 Å². The summed E-state index contributed by atoms with van der Waals surface area (Å²) in [6, 6.07) is 15.2. The molecule has 2 heterocycles. The van der Waals surface area contributed by atoms with Gasteiger partial charge in [0.1, 0.15) is 18.2 Å². The van der Waals surface area contributed by atoms with Crippen LogP contribution < -0.4 is 11.1 Å². The third kappa shape index (κ3) is 5.61. The molecular weight excluding hydrogens is 437 g/mol. The first-order valence-electron chi connectivity index (χ1n) is 9.47. The summed E-state index contributed by atoms with van der Waals surface area (Å²) in [7, 11) is 0. The number of halogens is 2. The summed E-state index contributed by atoms with van der Waals surface area (Å²) in [5.74, 6) is 1.85. The zero-order chi connectivity index (χ0) is 20.4. The van der Waals surface area contributed by atoms with Gasteiger partial charge >= 0.3 is 0 Å². The molecule has 0 aliphatic rings. The van der Waals surface area contributed by atoms with Gasteiger partial charge in [-0.25, -0.2) is 14.6 Å². The van der Waals surface area contributed by atoms with E-state index in [2.05, 4.69) is 25.4 Å². The van der Waals surface area contributed by atoms with Crippen molar-refractivity contribution in [2.75, 3.05) is 0 Å². The van der Waals surface area contributed by atoms with E-state index in [1.165, 1.54) is 0 Å². The van der Waals surface area contributed by atoms with E-state index in [0.29, 0.717) is 18.2 Å². The Balaban J connectivity index is 0.00000171. The number of nitrogens with one attached hydrogen (secondary N) is 2. The average molecular weight is 462 g/mol. The molecule has 0 unspecified atom stereocenters. The molecular formula is C21H25Cl2N7O. The van der Waals surface area contributed by atoms with Crippen LogP contribution in [0.4, 0.5) is 0 Å². The van der Waals surface area contributed by atoms with Crippen LogP contribution in [0.5, 0.6) is 0 Å². The predicted octanol–water partition coefficient (Wildman–Crippen LogP) is 3.31. The SMILES string of the molecule is Cc1nc2ccc(CNC(=O)Cn3nc(-c4ccccc4)nc3[C@H](C)N)cc2[nH]1.Cl.Cl. The Morgan fingerprint density at radius 3 is 2.61 bits per heavy atom. The molecule has 1 atom stereocenters. The molecule has 10 heteroatoms. The van der Waals surface area contributed by atoms with Crippen LogP contribution in [0.1, 0.15) is 30.2 Å². The molecule has 0 aliphatic heterocycles. The minimum atomic E-state index is -0.334. The number of benzene rings is 2. The quantitative estimate of drug-likeness (QED) is 0.407. The molecule has 2 aromatic carbocycles. The molecule has 0 aliphatic carbocycles. The number of nitrogens with two attached hydrogens (primary N) is 1. The van der Waals surface area contributed by atoms with E-state index < -0.39 is 0 Å². The van der Waals surface area contributed by atoms with Gasteiger partial charge in [0.15, 0.2) is 5.82 Å². The fourth-order valence-corrected chi connectivity index (χ4v) is 3.20. The van der Waals surface area contributed by atoms with Crippen molar-refractivity contribution in [2.24, 2.45) is 5.73 Å². The highest BCUT2D eigenvalue weighted by atomic mass is 35.5. The molecule has 1 amide bonds. The highest BCUT2D eigenvalue weighted by molar-refractivity contribution is 5.85. The molecule has 8 nitrogen and oxygen atoms in total. The van der Waals surface area contributed by atoms with E-state index in [1.807, 2.05) is 62.4 Å². The largest absolute Gasteiger partial charge is 0.350 e. The number of imidazole rings is 1. The number of aryl methyl sites for hydroxylation is 1. The third-order valence-corrected chi connectivity index (χ3v) is 4.59. The van der Waals surface area contributed by atoms with Crippen LogP contribution in [0.2, 0.25) is 0 Å². The molecule has 4 rings (SSSR count). The third-order valence-electron chi connectivity index (χ3n) is 4.59. The van der Waals surface area contributed by atoms with Crippen LogP contribution in [0.15, 0.2) is 48.5 Å². The molecule has 0 bridgehead atoms. The molecule has 164 valence electrons. The lowest BCUT2D eigenvalue weighted by molar-refractivity contribution is -0.122. The van der Waals surface area contributed by atoms with Gasteiger partial charge in [-0.05, 0) is 31.5 Å². The molecule has 0 saturated heterocycles. The topological polar surface area (TPSA) is 115 Å². The zero-order valence-corrected chi connectivity index (χ0v) is 18.8. The van der Waals surface area contributed by atoms with Gasteiger partial charge in [0, 0.05) is 12.1 Å². The van der Waals surface area contributed by atoms with E-state index >= 15 is 0 Å². The minimum absolute atomic E-state index is 0. The second-order valence-electron chi connectivity index (χ2n) is 7.06. The van der Waals surface area contributed by atoms with Gasteiger partial charge in [-0.2, -0.15) is 5.10 Å². The van der Waals surface area contributed by atoms with Gasteiger partial charge in [0.2, 0.25) is 5.91 Å². The molecule has 4 aromatic rings. The van der Waals surface area contributed by atoms with Crippen molar-refractivity contribution in [2.45, 2.75) is 33.0 Å². The van der Waals surface area contributed by atoms with E-state index in [0.717, 1.165) is 28.0 Å². The van der Waals surface area contributed by atoms with Crippen molar-refractivity contribution in [3.05, 3.63) is 65.7 Å². The molecule has 31 heavy (non-hydrogen) atoms. The van der Waals surface area contributed by atoms with Crippen molar-refractivity contribution in [1.82, 2.24) is 30.0 Å². The average Bonchev–Trinajstić information content (AvgIpc) is 3.29. The summed E-state index contributed by atoms with van der Waals surface area (Å²) in [6.45, 7) is 4.22. The summed E-state index contributed by atoms with van der Waals surface area (Å²) in [6.07, 6.45) is 0. The number of fused-ring (bicyclic) bond motifs is 1. The second-order valence-corrected chi connectivity index (χ2v) is 7.06. The van der Waals surface area contributed by atoms with Crippen molar-refractivity contribution in [3.8, 4) is 11.4 Å². The standard InChI is InChI=1S/C21H23N7O.2ClH/c1-13(22)21-26-20(16-6-4-3-5-7-16)27-28(21)12-19(29)23-11-15-8-9-17-18(10-15)25-14(2)24-17;;/h3-10,13H,11-12,22H2,1-2H3,(H,23,29)(H,24,25);2*1H/t13-;;/m0../s1. The zero-order valence-electron chi connectivity index (χ0n) is 17.2. The fourth-order valence-electron chi connectivity index (χ4n) is 3.20. The summed E-state index contributed by atoms with van der Waals surface area (Å²) < 4.78 is 1.57. The van der Waals surface area contributed by atoms with Crippen molar-refractivity contribution >= 4 is 41.8 Å². The van der Waals surface area contributed by atoms with Crippen LogP contribution in [0.3, 0.4) is 0 Å². The van der Waals surface area contributed by atoms with Crippen LogP contribution in [-0.4, -0.2) is 30.6 Å². The van der Waals surface area contributed by atoms with Gasteiger partial charge < -0.3 is 16.0 Å². The molecule has 0 spiro atoms. The minimum Gasteiger partial charge on any atom is -0.350 e. The highest BCUT2D eigenvalue weighted by Gasteiger charge is 2.17. The van der Waals surface area contributed by atoms with Gasteiger partial charge in [-0.15, -0.1) is 24.8 Å². The smallest absolute Gasteiger partial charge is 0.242 e. The molecule has 0 saturated carbocycles. The summed E-state index contributed by atoms with van der Waals surface area (Å²) >= 11 is 0.